The number of aromatic hydroxyl groups is 2. The van der Waals surface area contributed by atoms with Gasteiger partial charge in [-0.05, 0) is 74.3 Å². The van der Waals surface area contributed by atoms with E-state index < -0.39 is 33.7 Å². The Morgan fingerprint density at radius 1 is 1.07 bits per heavy atom. The van der Waals surface area contributed by atoms with Gasteiger partial charge < -0.3 is 26.4 Å². The van der Waals surface area contributed by atoms with Crippen molar-refractivity contribution in [2.45, 2.75) is 74.5 Å². The number of carboxylic acid groups (broad SMARTS) is 1. The minimum atomic E-state index is -5.08. The van der Waals surface area contributed by atoms with Gasteiger partial charge >= 0.3 is 12.1 Å². The van der Waals surface area contributed by atoms with E-state index in [0.29, 0.717) is 31.2 Å². The maximum absolute atomic E-state index is 13.1. The van der Waals surface area contributed by atoms with E-state index in [9.17, 15) is 36.6 Å². The summed E-state index contributed by atoms with van der Waals surface area (Å²) in [6, 6.07) is 4.34. The van der Waals surface area contributed by atoms with Crippen LogP contribution in [-0.4, -0.2) is 69.5 Å². The van der Waals surface area contributed by atoms with Gasteiger partial charge in [0.2, 0.25) is 15.9 Å². The summed E-state index contributed by atoms with van der Waals surface area (Å²) in [7, 11) is -4.05. The van der Waals surface area contributed by atoms with Crippen LogP contribution in [0.4, 0.5) is 13.2 Å². The number of amides is 1. The van der Waals surface area contributed by atoms with Gasteiger partial charge in [-0.2, -0.15) is 17.9 Å². The van der Waals surface area contributed by atoms with E-state index in [1.54, 1.807) is 0 Å². The molecule has 4 fully saturated rings. The van der Waals surface area contributed by atoms with Gasteiger partial charge in [0.1, 0.15) is 16.8 Å². The molecule has 0 saturated heterocycles. The average molecular weight is 632 g/mol. The summed E-state index contributed by atoms with van der Waals surface area (Å²) in [6.45, 7) is 2.26. The number of aromatic nitrogens is 2. The summed E-state index contributed by atoms with van der Waals surface area (Å²) in [5, 5.41) is 29.8. The molecular weight excluding hydrogens is 595 g/mol. The third-order valence-corrected chi connectivity index (χ3v) is 10.2. The van der Waals surface area contributed by atoms with Crippen molar-refractivity contribution in [2.75, 3.05) is 6.54 Å². The van der Waals surface area contributed by atoms with Gasteiger partial charge in [0.15, 0.2) is 11.8 Å². The third kappa shape index (κ3) is 7.07. The monoisotopic (exact) mass is 631 g/mol. The number of hydrogen-bond acceptors (Lipinski definition) is 8. The Morgan fingerprint density at radius 3 is 2.05 bits per heavy atom. The summed E-state index contributed by atoms with van der Waals surface area (Å²) in [5.74, 6) is -1.07. The average Bonchev–Trinajstić information content (AvgIpc) is 3.27. The first-order valence-corrected chi connectivity index (χ1v) is 15.5. The Bertz CT molecular complexity index is 1380. The van der Waals surface area contributed by atoms with Crippen LogP contribution in [0.2, 0.25) is 0 Å². The smallest absolute Gasteiger partial charge is 0.490 e. The fourth-order valence-electron chi connectivity index (χ4n) is 6.82. The van der Waals surface area contributed by atoms with Crippen molar-refractivity contribution in [1.82, 2.24) is 19.6 Å². The summed E-state index contributed by atoms with van der Waals surface area (Å²) in [4.78, 5) is 26.0. The molecule has 12 nitrogen and oxygen atoms in total. The van der Waals surface area contributed by atoms with Crippen molar-refractivity contribution in [2.24, 2.45) is 29.4 Å². The molecule has 7 N–H and O–H groups in total. The van der Waals surface area contributed by atoms with Crippen LogP contribution >= 0.6 is 0 Å². The first-order valence-electron chi connectivity index (χ1n) is 14.0. The highest BCUT2D eigenvalue weighted by molar-refractivity contribution is 7.89. The van der Waals surface area contributed by atoms with E-state index in [4.69, 9.17) is 15.6 Å². The number of alkyl halides is 3. The third-order valence-electron chi connectivity index (χ3n) is 8.76. The van der Waals surface area contributed by atoms with Crippen LogP contribution in [0.25, 0.3) is 5.82 Å². The van der Waals surface area contributed by atoms with Crippen LogP contribution in [-0.2, 0) is 19.6 Å². The Morgan fingerprint density at radius 2 is 1.60 bits per heavy atom. The molecule has 4 saturated carbocycles. The summed E-state index contributed by atoms with van der Waals surface area (Å²) in [6.07, 6.45) is 2.85. The number of sulfonamides is 1. The lowest BCUT2D eigenvalue weighted by Crippen LogP contribution is -2.67. The van der Waals surface area contributed by atoms with Gasteiger partial charge in [-0.25, -0.2) is 22.8 Å². The zero-order chi connectivity index (χ0) is 31.7. The van der Waals surface area contributed by atoms with Crippen molar-refractivity contribution >= 4 is 21.9 Å². The first-order chi connectivity index (χ1) is 20.0. The molecule has 0 radical (unpaired) electrons. The first kappa shape index (κ1) is 32.5. The second-order valence-corrected chi connectivity index (χ2v) is 13.4. The SMILES string of the molecule is CCC[C@@H](NS(=O)(=O)c1ccc(-n2c(O)ccc2O)nc1)C(=O)NCC1(N)C2CC3CC(C2)CC1C3.O=C(O)C(F)(F)F. The molecular formula is C27H36F3N5O7S. The highest BCUT2D eigenvalue weighted by Gasteiger charge is 2.55. The van der Waals surface area contributed by atoms with Gasteiger partial charge in [0.25, 0.3) is 0 Å². The number of hydrogen-bond donors (Lipinski definition) is 6. The van der Waals surface area contributed by atoms with Crippen LogP contribution < -0.4 is 15.8 Å². The van der Waals surface area contributed by atoms with Crippen molar-refractivity contribution in [3.05, 3.63) is 30.5 Å². The van der Waals surface area contributed by atoms with E-state index in [1.807, 2.05) is 6.92 Å². The second kappa shape index (κ2) is 12.3. The fourth-order valence-corrected chi connectivity index (χ4v) is 7.99. The lowest BCUT2D eigenvalue weighted by molar-refractivity contribution is -0.192. The molecule has 2 heterocycles. The maximum atomic E-state index is 13.1. The van der Waals surface area contributed by atoms with E-state index >= 15 is 0 Å². The number of pyridine rings is 1. The summed E-state index contributed by atoms with van der Waals surface area (Å²) >= 11 is 0. The fraction of sp³-hybridized carbons (Fsp3) is 0.593. The highest BCUT2D eigenvalue weighted by Crippen LogP contribution is 2.57. The van der Waals surface area contributed by atoms with Crippen molar-refractivity contribution in [1.29, 1.82) is 0 Å². The number of carbonyl (C=O) groups excluding carboxylic acids is 1. The molecule has 0 spiro atoms. The van der Waals surface area contributed by atoms with Crippen LogP contribution in [0, 0.1) is 23.7 Å². The number of rotatable bonds is 9. The molecule has 0 unspecified atom stereocenters. The molecule has 6 rings (SSSR count). The van der Waals surface area contributed by atoms with Crippen molar-refractivity contribution in [3.8, 4) is 17.6 Å². The predicted octanol–water partition coefficient (Wildman–Crippen LogP) is 2.63. The number of nitrogens with two attached hydrogens (primary N) is 1. The maximum Gasteiger partial charge on any atom is 0.490 e. The number of carboxylic acids is 1. The number of nitrogens with one attached hydrogen (secondary N) is 2. The Labute approximate surface area is 246 Å². The molecule has 43 heavy (non-hydrogen) atoms. The lowest BCUT2D eigenvalue weighted by Gasteiger charge is -2.60. The van der Waals surface area contributed by atoms with Gasteiger partial charge in [0.05, 0.1) is 0 Å². The number of halogens is 3. The van der Waals surface area contributed by atoms with Gasteiger partial charge in [0, 0.05) is 30.4 Å². The second-order valence-electron chi connectivity index (χ2n) is 11.6. The molecule has 16 heteroatoms. The minimum absolute atomic E-state index is 0.123. The minimum Gasteiger partial charge on any atom is -0.494 e. The van der Waals surface area contributed by atoms with Crippen molar-refractivity contribution in [3.63, 3.8) is 0 Å². The van der Waals surface area contributed by atoms with Crippen molar-refractivity contribution < 1.29 is 46.5 Å². The summed E-state index contributed by atoms with van der Waals surface area (Å²) in [5.41, 5.74) is 6.49. The standard InChI is InChI=1S/C25H35N5O5S.C2HF3O2/c1-2-3-20(24(33)28-14-25(26)17-9-15-8-16(11-17)12-18(25)10-15)29-36(34,35)19-4-5-21(27-13-19)30-22(31)6-7-23(30)32;3-2(4,5)1(6)7/h4-7,13,15-18,20,29,31-32H,2-3,8-12,14,26H2,1H3,(H,28,33);(H,6,7)/t15?,16?,17?,18?,20-,25?;/m1./s1. The molecule has 0 aromatic carbocycles. The molecule has 2 aromatic heterocycles. The van der Waals surface area contributed by atoms with Crippen LogP contribution in [0.3, 0.4) is 0 Å². The molecule has 4 aliphatic rings. The molecule has 0 aliphatic heterocycles. The lowest BCUT2D eigenvalue weighted by atomic mass is 9.49. The Hall–Kier alpha value is -3.37. The van der Waals surface area contributed by atoms with Gasteiger partial charge in [-0.3, -0.25) is 4.79 Å². The molecule has 1 amide bonds. The molecule has 238 valence electrons. The van der Waals surface area contributed by atoms with Crippen LogP contribution in [0.5, 0.6) is 11.8 Å². The van der Waals surface area contributed by atoms with E-state index in [2.05, 4.69) is 15.0 Å². The normalized spacial score (nSPS) is 26.8. The zero-order valence-corrected chi connectivity index (χ0v) is 24.2. The Kier molecular flexibility index (Phi) is 9.32. The van der Waals surface area contributed by atoms with E-state index in [1.165, 1.54) is 30.7 Å². The topological polar surface area (TPSA) is 197 Å². The summed E-state index contributed by atoms with van der Waals surface area (Å²) < 4.78 is 61.5. The van der Waals surface area contributed by atoms with E-state index in [0.717, 1.165) is 48.3 Å². The van der Waals surface area contributed by atoms with E-state index in [-0.39, 0.29) is 28.4 Å². The predicted molar refractivity (Wildman–Crippen MR) is 147 cm³/mol. The number of carbonyl (C=O) groups is 2. The number of nitrogens with zero attached hydrogens (tertiary/aromatic N) is 2. The van der Waals surface area contributed by atoms with Gasteiger partial charge in [-0.1, -0.05) is 13.3 Å². The quantitative estimate of drug-likeness (QED) is 0.241. The Balaban J connectivity index is 0.000000541. The number of aliphatic carboxylic acids is 1. The molecule has 4 aliphatic carbocycles. The van der Waals surface area contributed by atoms with Gasteiger partial charge in [-0.15, -0.1) is 0 Å². The van der Waals surface area contributed by atoms with Crippen LogP contribution in [0.15, 0.2) is 35.4 Å². The van der Waals surface area contributed by atoms with Crippen LogP contribution in [0.1, 0.15) is 51.9 Å². The molecule has 4 bridgehead atoms. The molecule has 1 atom stereocenters. The molecule has 2 aromatic rings. The zero-order valence-electron chi connectivity index (χ0n) is 23.4. The highest BCUT2D eigenvalue weighted by atomic mass is 32.2. The largest absolute Gasteiger partial charge is 0.494 e.